The van der Waals surface area contributed by atoms with Crippen LogP contribution in [0.2, 0.25) is 0 Å². The van der Waals surface area contributed by atoms with Gasteiger partial charge in [-0.05, 0) is 31.2 Å². The lowest BCUT2D eigenvalue weighted by Gasteiger charge is -2.34. The van der Waals surface area contributed by atoms with Crippen molar-refractivity contribution in [1.82, 2.24) is 23.4 Å². The van der Waals surface area contributed by atoms with Crippen molar-refractivity contribution in [2.45, 2.75) is 32.2 Å². The molecule has 24 heavy (non-hydrogen) atoms. The molecule has 2 aliphatic rings. The number of fused-ring (bicyclic) bond motifs is 1. The number of nitrogens with zero attached hydrogens (tertiary/aromatic N) is 6. The average Bonchev–Trinajstić information content (AvgIpc) is 3.15. The van der Waals surface area contributed by atoms with E-state index in [0.717, 1.165) is 62.6 Å². The van der Waals surface area contributed by atoms with Crippen molar-refractivity contribution in [3.05, 3.63) is 33.9 Å². The second-order valence-corrected chi connectivity index (χ2v) is 7.04. The predicted octanol–water partition coefficient (Wildman–Crippen LogP) is 0.796. The highest BCUT2D eigenvalue weighted by Crippen LogP contribution is 2.17. The largest absolute Gasteiger partial charge is 0.352 e. The molecule has 128 valence electrons. The molecule has 1 saturated heterocycles. The van der Waals surface area contributed by atoms with Crippen molar-refractivity contribution >= 4 is 17.5 Å². The lowest BCUT2D eigenvalue weighted by Crippen LogP contribution is -2.47. The SMILES string of the molecule is O=c1cc2c(nn1CCN1CCN(c3cnsn3)CC1)CCCC2. The first-order chi connectivity index (χ1) is 11.8. The maximum Gasteiger partial charge on any atom is 0.267 e. The van der Waals surface area contributed by atoms with Crippen molar-refractivity contribution in [2.24, 2.45) is 0 Å². The summed E-state index contributed by atoms with van der Waals surface area (Å²) in [6.07, 6.45) is 6.21. The molecule has 0 bridgehead atoms. The van der Waals surface area contributed by atoms with E-state index in [0.29, 0.717) is 6.54 Å². The number of hydrogen-bond acceptors (Lipinski definition) is 7. The molecule has 7 nitrogen and oxygen atoms in total. The topological polar surface area (TPSA) is 67.2 Å². The quantitative estimate of drug-likeness (QED) is 0.816. The molecule has 4 rings (SSSR count). The van der Waals surface area contributed by atoms with Crippen molar-refractivity contribution in [2.75, 3.05) is 37.6 Å². The zero-order chi connectivity index (χ0) is 16.4. The van der Waals surface area contributed by atoms with Crippen LogP contribution in [0.15, 0.2) is 17.1 Å². The van der Waals surface area contributed by atoms with E-state index in [9.17, 15) is 4.79 Å². The van der Waals surface area contributed by atoms with Crippen molar-refractivity contribution in [1.29, 1.82) is 0 Å². The highest BCUT2D eigenvalue weighted by Gasteiger charge is 2.19. The van der Waals surface area contributed by atoms with Crippen LogP contribution in [-0.2, 0) is 19.4 Å². The zero-order valence-electron chi connectivity index (χ0n) is 13.7. The van der Waals surface area contributed by atoms with E-state index >= 15 is 0 Å². The van der Waals surface area contributed by atoms with Crippen LogP contribution in [0.4, 0.5) is 5.82 Å². The molecule has 2 aromatic rings. The van der Waals surface area contributed by atoms with Crippen LogP contribution in [0.3, 0.4) is 0 Å². The van der Waals surface area contributed by atoms with E-state index in [-0.39, 0.29) is 5.56 Å². The van der Waals surface area contributed by atoms with Crippen LogP contribution in [0.25, 0.3) is 0 Å². The van der Waals surface area contributed by atoms with E-state index in [4.69, 9.17) is 0 Å². The maximum absolute atomic E-state index is 12.2. The Hall–Kier alpha value is -1.80. The summed E-state index contributed by atoms with van der Waals surface area (Å²) in [6.45, 7) is 5.42. The molecule has 0 aromatic carbocycles. The van der Waals surface area contributed by atoms with Gasteiger partial charge in [-0.3, -0.25) is 9.69 Å². The summed E-state index contributed by atoms with van der Waals surface area (Å²) >= 11 is 1.25. The van der Waals surface area contributed by atoms with Gasteiger partial charge in [0.2, 0.25) is 0 Å². The van der Waals surface area contributed by atoms with Crippen molar-refractivity contribution in [3.8, 4) is 0 Å². The molecule has 1 fully saturated rings. The van der Waals surface area contributed by atoms with Gasteiger partial charge in [0.05, 0.1) is 30.2 Å². The van der Waals surface area contributed by atoms with Crippen LogP contribution < -0.4 is 10.5 Å². The van der Waals surface area contributed by atoms with Crippen LogP contribution >= 0.6 is 11.7 Å². The van der Waals surface area contributed by atoms with E-state index in [1.54, 1.807) is 10.7 Å². The molecule has 0 N–H and O–H groups in total. The molecular weight excluding hydrogens is 324 g/mol. The number of piperazine rings is 1. The summed E-state index contributed by atoms with van der Waals surface area (Å²) < 4.78 is 10.0. The second-order valence-electron chi connectivity index (χ2n) is 6.48. The first kappa shape index (κ1) is 15.7. The Morgan fingerprint density at radius 3 is 2.71 bits per heavy atom. The molecule has 0 unspecified atom stereocenters. The first-order valence-corrected chi connectivity index (χ1v) is 9.37. The number of aryl methyl sites for hydroxylation is 2. The molecule has 1 aliphatic heterocycles. The summed E-state index contributed by atoms with van der Waals surface area (Å²) in [5.74, 6) is 0.979. The second kappa shape index (κ2) is 6.98. The van der Waals surface area contributed by atoms with Gasteiger partial charge in [-0.25, -0.2) is 4.68 Å². The minimum atomic E-state index is 0.0443. The Kier molecular flexibility index (Phi) is 4.57. The van der Waals surface area contributed by atoms with E-state index in [1.165, 1.54) is 24.6 Å². The number of hydrogen-bond donors (Lipinski definition) is 0. The number of aromatic nitrogens is 4. The fourth-order valence-electron chi connectivity index (χ4n) is 3.50. The summed E-state index contributed by atoms with van der Waals surface area (Å²) in [5, 5.41) is 4.60. The molecule has 3 heterocycles. The summed E-state index contributed by atoms with van der Waals surface area (Å²) in [7, 11) is 0. The van der Waals surface area contributed by atoms with Crippen molar-refractivity contribution in [3.63, 3.8) is 0 Å². The third-order valence-corrected chi connectivity index (χ3v) is 5.42. The molecule has 8 heteroatoms. The molecule has 0 amide bonds. The Morgan fingerprint density at radius 1 is 1.08 bits per heavy atom. The molecule has 0 spiro atoms. The van der Waals surface area contributed by atoms with Crippen molar-refractivity contribution < 1.29 is 0 Å². The maximum atomic E-state index is 12.2. The van der Waals surface area contributed by atoms with Crippen LogP contribution in [-0.4, -0.2) is 56.2 Å². The van der Waals surface area contributed by atoms with Gasteiger partial charge in [-0.2, -0.15) is 13.8 Å². The van der Waals surface area contributed by atoms with Gasteiger partial charge in [-0.15, -0.1) is 0 Å². The number of anilines is 1. The molecule has 0 saturated carbocycles. The average molecular weight is 346 g/mol. The van der Waals surface area contributed by atoms with Gasteiger partial charge in [0.1, 0.15) is 0 Å². The minimum absolute atomic E-state index is 0.0443. The normalized spacial score (nSPS) is 18.6. The fourth-order valence-corrected chi connectivity index (χ4v) is 3.93. The zero-order valence-corrected chi connectivity index (χ0v) is 14.5. The van der Waals surface area contributed by atoms with Gasteiger partial charge in [0.25, 0.3) is 5.56 Å². The monoisotopic (exact) mass is 346 g/mol. The summed E-state index contributed by atoms with van der Waals surface area (Å²) in [5.41, 5.74) is 2.33. The van der Waals surface area contributed by atoms with Crippen LogP contribution in [0, 0.1) is 0 Å². The van der Waals surface area contributed by atoms with Gasteiger partial charge >= 0.3 is 0 Å². The van der Waals surface area contributed by atoms with E-state index < -0.39 is 0 Å². The Bertz CT molecular complexity index is 736. The van der Waals surface area contributed by atoms with Gasteiger partial charge in [0, 0.05) is 38.8 Å². The highest BCUT2D eigenvalue weighted by molar-refractivity contribution is 6.99. The third kappa shape index (κ3) is 3.34. The van der Waals surface area contributed by atoms with Crippen LogP contribution in [0.1, 0.15) is 24.1 Å². The van der Waals surface area contributed by atoms with Gasteiger partial charge in [-0.1, -0.05) is 0 Å². The highest BCUT2D eigenvalue weighted by atomic mass is 32.1. The van der Waals surface area contributed by atoms with Gasteiger partial charge in [0.15, 0.2) is 5.82 Å². The molecule has 0 atom stereocenters. The first-order valence-electron chi connectivity index (χ1n) is 8.64. The summed E-state index contributed by atoms with van der Waals surface area (Å²) in [4.78, 5) is 16.9. The lowest BCUT2D eigenvalue weighted by molar-refractivity contribution is 0.242. The van der Waals surface area contributed by atoms with E-state index in [1.807, 2.05) is 6.20 Å². The fraction of sp³-hybridized carbons (Fsp3) is 0.625. The lowest BCUT2D eigenvalue weighted by atomic mass is 9.97. The Morgan fingerprint density at radius 2 is 1.92 bits per heavy atom. The van der Waals surface area contributed by atoms with E-state index in [2.05, 4.69) is 23.6 Å². The number of rotatable bonds is 4. The molecule has 0 radical (unpaired) electrons. The molecule has 2 aromatic heterocycles. The smallest absolute Gasteiger partial charge is 0.267 e. The minimum Gasteiger partial charge on any atom is -0.352 e. The third-order valence-electron chi connectivity index (χ3n) is 4.95. The molecule has 1 aliphatic carbocycles. The summed E-state index contributed by atoms with van der Waals surface area (Å²) in [6, 6.07) is 1.80. The Labute approximate surface area is 145 Å². The standard InChI is InChI=1S/C16H22N6OS/c23-16-11-13-3-1-2-4-14(13)18-22(16)10-7-20-5-8-21(9-6-20)15-12-17-24-19-15/h11-12H,1-10H2. The molecular formula is C16H22N6OS. The van der Waals surface area contributed by atoms with Gasteiger partial charge < -0.3 is 4.90 Å². The predicted molar refractivity (Wildman–Crippen MR) is 93.7 cm³/mol. The Balaban J connectivity index is 1.34. The van der Waals surface area contributed by atoms with Crippen LogP contribution in [0.5, 0.6) is 0 Å².